The lowest BCUT2D eigenvalue weighted by Gasteiger charge is -2.00. The average Bonchev–Trinajstić information content (AvgIpc) is 2.80. The Bertz CT molecular complexity index is 500. The van der Waals surface area contributed by atoms with E-state index in [0.717, 1.165) is 18.2 Å². The molecule has 0 aliphatic heterocycles. The molecule has 0 fully saturated rings. The second-order valence-electron chi connectivity index (χ2n) is 3.81. The summed E-state index contributed by atoms with van der Waals surface area (Å²) in [6.45, 7) is 1.66. The zero-order valence-corrected chi connectivity index (χ0v) is 10.9. The van der Waals surface area contributed by atoms with Crippen LogP contribution in [0.3, 0.4) is 0 Å². The van der Waals surface area contributed by atoms with Crippen molar-refractivity contribution >= 4 is 16.7 Å². The van der Waals surface area contributed by atoms with E-state index in [1.807, 2.05) is 13.1 Å². The molecule has 2 aromatic rings. The monoisotopic (exact) mass is 266 g/mol. The molecular weight excluding hydrogens is 251 g/mol. The molecule has 0 unspecified atom stereocenters. The molecule has 1 heterocycles. The number of benzene rings is 1. The molecule has 0 amide bonds. The smallest absolute Gasteiger partial charge is 0.202 e. The molecule has 0 bridgehead atoms. The van der Waals surface area contributed by atoms with Gasteiger partial charge in [0.05, 0.1) is 0 Å². The molecule has 2 N–H and O–H groups in total. The molecule has 0 saturated heterocycles. The van der Waals surface area contributed by atoms with Crippen molar-refractivity contribution in [1.29, 1.82) is 0 Å². The first-order valence-electron chi connectivity index (χ1n) is 5.74. The third kappa shape index (κ3) is 3.48. The lowest BCUT2D eigenvalue weighted by Crippen LogP contribution is -2.17. The number of halogens is 1. The van der Waals surface area contributed by atoms with E-state index >= 15 is 0 Å². The van der Waals surface area contributed by atoms with Crippen molar-refractivity contribution < 1.29 is 4.39 Å². The minimum Gasteiger partial charge on any atom is -0.359 e. The fourth-order valence-corrected chi connectivity index (χ4v) is 2.11. The summed E-state index contributed by atoms with van der Waals surface area (Å²) >= 11 is 1.30. The van der Waals surface area contributed by atoms with Gasteiger partial charge in [0.15, 0.2) is 0 Å². The predicted octanol–water partition coefficient (Wildman–Crippen LogP) is 1.90. The molecule has 4 nitrogen and oxygen atoms in total. The second kappa shape index (κ2) is 6.42. The van der Waals surface area contributed by atoms with E-state index in [2.05, 4.69) is 20.0 Å². The van der Waals surface area contributed by atoms with Crippen molar-refractivity contribution in [2.45, 2.75) is 6.42 Å². The first-order valence-corrected chi connectivity index (χ1v) is 6.51. The van der Waals surface area contributed by atoms with Crippen LogP contribution in [-0.2, 0) is 6.42 Å². The second-order valence-corrected chi connectivity index (χ2v) is 4.57. The molecule has 1 aromatic carbocycles. The summed E-state index contributed by atoms with van der Waals surface area (Å²) in [5.41, 5.74) is 0.622. The highest BCUT2D eigenvalue weighted by Crippen LogP contribution is 2.15. The maximum absolute atomic E-state index is 13.5. The first kappa shape index (κ1) is 12.9. The van der Waals surface area contributed by atoms with Crippen LogP contribution in [0.2, 0.25) is 0 Å². The van der Waals surface area contributed by atoms with E-state index in [9.17, 15) is 4.39 Å². The van der Waals surface area contributed by atoms with E-state index in [4.69, 9.17) is 0 Å². The van der Waals surface area contributed by atoms with Gasteiger partial charge in [-0.1, -0.05) is 18.2 Å². The Morgan fingerprint density at radius 2 is 2.11 bits per heavy atom. The van der Waals surface area contributed by atoms with Gasteiger partial charge in [-0.25, -0.2) is 9.37 Å². The van der Waals surface area contributed by atoms with E-state index in [-0.39, 0.29) is 5.82 Å². The van der Waals surface area contributed by atoms with Crippen molar-refractivity contribution in [3.05, 3.63) is 41.5 Å². The van der Waals surface area contributed by atoms with E-state index in [1.54, 1.807) is 12.1 Å². The quantitative estimate of drug-likeness (QED) is 0.784. The summed E-state index contributed by atoms with van der Waals surface area (Å²) in [5, 5.41) is 6.97. The molecular formula is C12H15FN4S. The number of nitrogens with zero attached hydrogens (tertiary/aromatic N) is 2. The number of nitrogens with one attached hydrogen (secondary N) is 2. The predicted molar refractivity (Wildman–Crippen MR) is 71.5 cm³/mol. The van der Waals surface area contributed by atoms with Crippen molar-refractivity contribution in [1.82, 2.24) is 14.7 Å². The summed E-state index contributed by atoms with van der Waals surface area (Å²) < 4.78 is 17.7. The minimum atomic E-state index is -0.211. The number of anilines is 1. The van der Waals surface area contributed by atoms with E-state index in [1.165, 1.54) is 17.6 Å². The van der Waals surface area contributed by atoms with Crippen LogP contribution in [0.5, 0.6) is 0 Å². The van der Waals surface area contributed by atoms with Crippen molar-refractivity contribution in [3.63, 3.8) is 0 Å². The Labute approximate surface area is 109 Å². The van der Waals surface area contributed by atoms with Gasteiger partial charge in [-0.3, -0.25) is 0 Å². The highest BCUT2D eigenvalue weighted by atomic mass is 32.1. The molecule has 2 rings (SSSR count). The van der Waals surface area contributed by atoms with Gasteiger partial charge in [0.1, 0.15) is 11.6 Å². The normalized spacial score (nSPS) is 10.6. The molecule has 0 radical (unpaired) electrons. The molecule has 18 heavy (non-hydrogen) atoms. The third-order valence-electron chi connectivity index (χ3n) is 2.43. The van der Waals surface area contributed by atoms with E-state index < -0.39 is 0 Å². The summed E-state index contributed by atoms with van der Waals surface area (Å²) in [7, 11) is 1.89. The van der Waals surface area contributed by atoms with Crippen LogP contribution in [0.1, 0.15) is 11.4 Å². The Morgan fingerprint density at radius 1 is 1.28 bits per heavy atom. The Morgan fingerprint density at radius 3 is 2.89 bits per heavy atom. The van der Waals surface area contributed by atoms with Crippen LogP contribution >= 0.6 is 11.5 Å². The number of aromatic nitrogens is 2. The number of hydrogen-bond donors (Lipinski definition) is 2. The summed E-state index contributed by atoms with van der Waals surface area (Å²) in [5.74, 6) is 0.439. The van der Waals surface area contributed by atoms with Crippen LogP contribution in [0.4, 0.5) is 9.52 Å². The zero-order chi connectivity index (χ0) is 12.8. The Balaban J connectivity index is 1.96. The van der Waals surface area contributed by atoms with Gasteiger partial charge in [-0.2, -0.15) is 4.37 Å². The SMILES string of the molecule is CNCCNc1nc(Cc2ccccc2F)ns1. The largest absolute Gasteiger partial charge is 0.359 e. The fourth-order valence-electron chi connectivity index (χ4n) is 1.50. The van der Waals surface area contributed by atoms with Crippen LogP contribution in [0, 0.1) is 5.82 Å². The van der Waals surface area contributed by atoms with Crippen LogP contribution < -0.4 is 10.6 Å². The van der Waals surface area contributed by atoms with Crippen LogP contribution in [-0.4, -0.2) is 29.5 Å². The average molecular weight is 266 g/mol. The molecule has 0 spiro atoms. The fraction of sp³-hybridized carbons (Fsp3) is 0.333. The Hall–Kier alpha value is -1.53. The topological polar surface area (TPSA) is 49.8 Å². The molecule has 0 aliphatic rings. The van der Waals surface area contributed by atoms with Crippen LogP contribution in [0.25, 0.3) is 0 Å². The minimum absolute atomic E-state index is 0.211. The van der Waals surface area contributed by atoms with Gasteiger partial charge in [0, 0.05) is 31.0 Å². The maximum Gasteiger partial charge on any atom is 0.202 e. The highest BCUT2D eigenvalue weighted by molar-refractivity contribution is 7.09. The molecule has 1 aromatic heterocycles. The summed E-state index contributed by atoms with van der Waals surface area (Å²) in [6, 6.07) is 6.70. The molecule has 6 heteroatoms. The Kier molecular flexibility index (Phi) is 4.60. The van der Waals surface area contributed by atoms with Crippen molar-refractivity contribution in [2.24, 2.45) is 0 Å². The van der Waals surface area contributed by atoms with Gasteiger partial charge in [-0.05, 0) is 18.7 Å². The van der Waals surface area contributed by atoms with Gasteiger partial charge < -0.3 is 10.6 Å². The lowest BCUT2D eigenvalue weighted by molar-refractivity contribution is 0.612. The maximum atomic E-state index is 13.5. The molecule has 0 saturated carbocycles. The number of hydrogen-bond acceptors (Lipinski definition) is 5. The van der Waals surface area contributed by atoms with Gasteiger partial charge in [0.25, 0.3) is 0 Å². The highest BCUT2D eigenvalue weighted by Gasteiger charge is 2.07. The van der Waals surface area contributed by atoms with Gasteiger partial charge >= 0.3 is 0 Å². The summed E-state index contributed by atoms with van der Waals surface area (Å²) in [6.07, 6.45) is 0.427. The van der Waals surface area contributed by atoms with Gasteiger partial charge in [-0.15, -0.1) is 0 Å². The van der Waals surface area contributed by atoms with Crippen LogP contribution in [0.15, 0.2) is 24.3 Å². The van der Waals surface area contributed by atoms with Gasteiger partial charge in [0.2, 0.25) is 5.13 Å². The van der Waals surface area contributed by atoms with E-state index in [0.29, 0.717) is 17.8 Å². The first-order chi connectivity index (χ1) is 8.79. The standard InChI is InChI=1S/C12H15FN4S/c1-14-6-7-15-12-16-11(17-18-12)8-9-4-2-3-5-10(9)13/h2-5,14H,6-8H2,1H3,(H,15,16,17). The lowest BCUT2D eigenvalue weighted by atomic mass is 10.1. The van der Waals surface area contributed by atoms with Crippen molar-refractivity contribution in [3.8, 4) is 0 Å². The molecule has 0 aliphatic carbocycles. The molecule has 0 atom stereocenters. The zero-order valence-electron chi connectivity index (χ0n) is 10.1. The third-order valence-corrected chi connectivity index (χ3v) is 3.14. The number of likely N-dealkylation sites (N-methyl/N-ethyl adjacent to an activating group) is 1. The molecule has 96 valence electrons. The summed E-state index contributed by atoms with van der Waals surface area (Å²) in [4.78, 5) is 4.32. The van der Waals surface area contributed by atoms with Crippen molar-refractivity contribution in [2.75, 3.05) is 25.5 Å². The number of rotatable bonds is 6.